The fourth-order valence-electron chi connectivity index (χ4n) is 4.26. The number of unbranched alkanes of at least 4 members (excludes halogenated alkanes) is 1. The van der Waals surface area contributed by atoms with E-state index >= 15 is 0 Å². The highest BCUT2D eigenvalue weighted by Gasteiger charge is 2.28. The lowest BCUT2D eigenvalue weighted by molar-refractivity contribution is -0.135. The first-order valence-electron chi connectivity index (χ1n) is 11.3. The van der Waals surface area contributed by atoms with Gasteiger partial charge in [0.2, 0.25) is 5.91 Å². The van der Waals surface area contributed by atoms with Crippen LogP contribution >= 0.6 is 15.9 Å². The number of anilines is 1. The maximum Gasteiger partial charge on any atom is 0.225 e. The molecule has 2 heterocycles. The molecular formula is C25H31BrN2O3. The molecule has 0 radical (unpaired) electrons. The van der Waals surface area contributed by atoms with Gasteiger partial charge in [0.25, 0.3) is 0 Å². The fourth-order valence-corrected chi connectivity index (χ4v) is 4.67. The van der Waals surface area contributed by atoms with E-state index in [0.29, 0.717) is 13.0 Å². The molecule has 0 aromatic heterocycles. The highest BCUT2D eigenvalue weighted by molar-refractivity contribution is 9.10. The molecule has 166 valence electrons. The molecule has 2 aliphatic heterocycles. The van der Waals surface area contributed by atoms with Gasteiger partial charge in [-0.3, -0.25) is 4.79 Å². The molecule has 0 bridgehead atoms. The summed E-state index contributed by atoms with van der Waals surface area (Å²) in [5, 5.41) is 0. The van der Waals surface area contributed by atoms with E-state index in [4.69, 9.17) is 9.47 Å². The highest BCUT2D eigenvalue weighted by Crippen LogP contribution is 2.32. The zero-order chi connectivity index (χ0) is 21.6. The monoisotopic (exact) mass is 486 g/mol. The van der Waals surface area contributed by atoms with Gasteiger partial charge in [-0.15, -0.1) is 0 Å². The summed E-state index contributed by atoms with van der Waals surface area (Å²) in [7, 11) is 0. The van der Waals surface area contributed by atoms with Crippen molar-refractivity contribution in [2.45, 2.75) is 38.7 Å². The molecule has 0 N–H and O–H groups in total. The number of fused-ring (bicyclic) bond motifs is 1. The van der Waals surface area contributed by atoms with E-state index in [1.807, 2.05) is 23.1 Å². The lowest BCUT2D eigenvalue weighted by atomic mass is 9.95. The number of hydrogen-bond acceptors (Lipinski definition) is 4. The number of carbonyl (C=O) groups excluding carboxylic acids is 1. The molecule has 1 fully saturated rings. The van der Waals surface area contributed by atoms with Crippen molar-refractivity contribution in [2.24, 2.45) is 0 Å². The van der Waals surface area contributed by atoms with E-state index in [-0.39, 0.29) is 12.0 Å². The molecule has 4 rings (SSSR count). The van der Waals surface area contributed by atoms with Crippen LogP contribution in [0.5, 0.6) is 5.75 Å². The van der Waals surface area contributed by atoms with Crippen LogP contribution in [0.15, 0.2) is 46.9 Å². The van der Waals surface area contributed by atoms with Crippen LogP contribution in [0.3, 0.4) is 0 Å². The number of carbonyl (C=O) groups is 1. The second-order valence-electron chi connectivity index (χ2n) is 8.22. The molecule has 0 saturated carbocycles. The molecule has 1 atom stereocenters. The molecule has 1 amide bonds. The second kappa shape index (κ2) is 10.5. The summed E-state index contributed by atoms with van der Waals surface area (Å²) in [5.41, 5.74) is 3.62. The van der Waals surface area contributed by atoms with Crippen molar-refractivity contribution in [2.75, 3.05) is 44.3 Å². The van der Waals surface area contributed by atoms with Gasteiger partial charge in [-0.2, -0.15) is 0 Å². The molecule has 6 heteroatoms. The maximum absolute atomic E-state index is 13.0. The predicted molar refractivity (Wildman–Crippen MR) is 127 cm³/mol. The Morgan fingerprint density at radius 2 is 1.90 bits per heavy atom. The molecule has 2 aliphatic rings. The summed E-state index contributed by atoms with van der Waals surface area (Å²) in [5.74, 6) is 1.10. The zero-order valence-corrected chi connectivity index (χ0v) is 19.8. The van der Waals surface area contributed by atoms with Crippen LogP contribution in [0.2, 0.25) is 0 Å². The molecule has 2 aromatic rings. The Labute approximate surface area is 193 Å². The first-order chi connectivity index (χ1) is 15.1. The minimum atomic E-state index is -0.136. The third-order valence-electron chi connectivity index (χ3n) is 6.10. The Morgan fingerprint density at radius 3 is 2.65 bits per heavy atom. The van der Waals surface area contributed by atoms with Crippen LogP contribution in [0.4, 0.5) is 5.69 Å². The van der Waals surface area contributed by atoms with Crippen LogP contribution in [-0.2, 0) is 16.0 Å². The number of amides is 1. The van der Waals surface area contributed by atoms with Crippen LogP contribution in [0.1, 0.15) is 43.4 Å². The van der Waals surface area contributed by atoms with Crippen LogP contribution in [0.25, 0.3) is 0 Å². The minimum Gasteiger partial charge on any atom is -0.494 e. The van der Waals surface area contributed by atoms with Gasteiger partial charge in [0, 0.05) is 36.3 Å². The van der Waals surface area contributed by atoms with Crippen molar-refractivity contribution in [3.63, 3.8) is 0 Å². The van der Waals surface area contributed by atoms with Crippen LogP contribution < -0.4 is 9.64 Å². The van der Waals surface area contributed by atoms with Crippen molar-refractivity contribution in [3.8, 4) is 5.75 Å². The SMILES string of the molecule is CCCCOc1ccc(N2CCN(C(=O)CC3OCCc4cc(Br)ccc43)CC2)cc1. The highest BCUT2D eigenvalue weighted by atomic mass is 79.9. The third kappa shape index (κ3) is 5.60. The molecule has 1 unspecified atom stereocenters. The lowest BCUT2D eigenvalue weighted by Crippen LogP contribution is -2.49. The first kappa shape index (κ1) is 22.2. The Kier molecular flexibility index (Phi) is 7.51. The topological polar surface area (TPSA) is 42.0 Å². The normalized spacial score (nSPS) is 18.6. The van der Waals surface area contributed by atoms with E-state index < -0.39 is 0 Å². The van der Waals surface area contributed by atoms with E-state index in [1.54, 1.807) is 0 Å². The second-order valence-corrected chi connectivity index (χ2v) is 9.14. The van der Waals surface area contributed by atoms with Crippen molar-refractivity contribution >= 4 is 27.5 Å². The van der Waals surface area contributed by atoms with Crippen molar-refractivity contribution in [1.82, 2.24) is 4.90 Å². The quantitative estimate of drug-likeness (QED) is 0.517. The van der Waals surface area contributed by atoms with Crippen molar-refractivity contribution < 1.29 is 14.3 Å². The molecule has 5 nitrogen and oxygen atoms in total. The largest absolute Gasteiger partial charge is 0.494 e. The van der Waals surface area contributed by atoms with Gasteiger partial charge in [-0.05, 0) is 60.4 Å². The number of nitrogens with zero attached hydrogens (tertiary/aromatic N) is 2. The molecule has 1 saturated heterocycles. The summed E-state index contributed by atoms with van der Waals surface area (Å²) in [4.78, 5) is 17.3. The van der Waals surface area contributed by atoms with Crippen LogP contribution in [0, 0.1) is 0 Å². The third-order valence-corrected chi connectivity index (χ3v) is 6.60. The van der Waals surface area contributed by atoms with E-state index in [2.05, 4.69) is 52.0 Å². The van der Waals surface area contributed by atoms with Gasteiger partial charge in [0.05, 0.1) is 25.7 Å². The van der Waals surface area contributed by atoms with Crippen molar-refractivity contribution in [3.05, 3.63) is 58.1 Å². The summed E-state index contributed by atoms with van der Waals surface area (Å²) >= 11 is 3.54. The summed E-state index contributed by atoms with van der Waals surface area (Å²) in [6, 6.07) is 14.6. The van der Waals surface area contributed by atoms with Gasteiger partial charge in [-0.1, -0.05) is 35.3 Å². The molecule has 0 spiro atoms. The number of halogens is 1. The summed E-state index contributed by atoms with van der Waals surface area (Å²) in [6.45, 7) is 6.78. The maximum atomic E-state index is 13.0. The number of ether oxygens (including phenoxy) is 2. The fraction of sp³-hybridized carbons (Fsp3) is 0.480. The Morgan fingerprint density at radius 1 is 1.13 bits per heavy atom. The van der Waals surface area contributed by atoms with Crippen molar-refractivity contribution in [1.29, 1.82) is 0 Å². The van der Waals surface area contributed by atoms with Crippen LogP contribution in [-0.4, -0.2) is 50.2 Å². The standard InChI is InChI=1S/C25H31BrN2O3/c1-2-3-15-30-22-7-5-21(6-8-22)27-11-13-28(14-12-27)25(29)18-24-23-9-4-20(26)17-19(23)10-16-31-24/h4-9,17,24H,2-3,10-16,18H2,1H3. The molecular weight excluding hydrogens is 456 g/mol. The lowest BCUT2D eigenvalue weighted by Gasteiger charge is -2.37. The Balaban J connectivity index is 1.29. The molecule has 0 aliphatic carbocycles. The number of rotatable bonds is 7. The molecule has 31 heavy (non-hydrogen) atoms. The number of hydrogen-bond donors (Lipinski definition) is 0. The van der Waals surface area contributed by atoms with Gasteiger partial charge >= 0.3 is 0 Å². The average Bonchev–Trinajstić information content (AvgIpc) is 2.80. The smallest absolute Gasteiger partial charge is 0.225 e. The summed E-state index contributed by atoms with van der Waals surface area (Å²) in [6.07, 6.45) is 3.40. The zero-order valence-electron chi connectivity index (χ0n) is 18.2. The Bertz CT molecular complexity index is 879. The number of benzene rings is 2. The average molecular weight is 487 g/mol. The molecule has 2 aromatic carbocycles. The minimum absolute atomic E-state index is 0.136. The van der Waals surface area contributed by atoms with Gasteiger partial charge < -0.3 is 19.3 Å². The van der Waals surface area contributed by atoms with Gasteiger partial charge in [0.1, 0.15) is 5.75 Å². The van der Waals surface area contributed by atoms with E-state index in [1.165, 1.54) is 11.3 Å². The Hall–Kier alpha value is -2.05. The van der Waals surface area contributed by atoms with E-state index in [0.717, 1.165) is 67.8 Å². The van der Waals surface area contributed by atoms with E-state index in [9.17, 15) is 4.79 Å². The number of piperazine rings is 1. The predicted octanol–water partition coefficient (Wildman–Crippen LogP) is 4.98. The van der Waals surface area contributed by atoms with Gasteiger partial charge in [0.15, 0.2) is 0 Å². The first-order valence-corrected chi connectivity index (χ1v) is 12.1. The van der Waals surface area contributed by atoms with Gasteiger partial charge in [-0.25, -0.2) is 0 Å². The summed E-state index contributed by atoms with van der Waals surface area (Å²) < 4.78 is 12.8.